The van der Waals surface area contributed by atoms with Crippen molar-refractivity contribution in [3.8, 4) is 5.75 Å². The molecule has 0 heterocycles. The highest BCUT2D eigenvalue weighted by atomic mass is 16.3. The van der Waals surface area contributed by atoms with Crippen LogP contribution in [0.1, 0.15) is 50.5 Å². The van der Waals surface area contributed by atoms with Gasteiger partial charge in [0, 0.05) is 12.3 Å². The summed E-state index contributed by atoms with van der Waals surface area (Å²) in [7, 11) is 0. The summed E-state index contributed by atoms with van der Waals surface area (Å²) >= 11 is 0. The normalized spacial score (nSPS) is 18.0. The first-order chi connectivity index (χ1) is 8.75. The molecule has 1 N–H and O–H groups in total. The fourth-order valence-corrected chi connectivity index (χ4v) is 2.74. The molecule has 2 nitrogen and oxygen atoms in total. The molecule has 1 saturated carbocycles. The van der Waals surface area contributed by atoms with E-state index in [1.165, 1.54) is 32.1 Å². The molecule has 1 aromatic carbocycles. The minimum atomic E-state index is 0.261. The van der Waals surface area contributed by atoms with E-state index in [2.05, 4.69) is 0 Å². The Bertz CT molecular complexity index is 373. The topological polar surface area (TPSA) is 37.3 Å². The number of carbonyl (C=O) groups is 1. The van der Waals surface area contributed by atoms with Gasteiger partial charge in [-0.15, -0.1) is 0 Å². The van der Waals surface area contributed by atoms with Gasteiger partial charge in [0.2, 0.25) is 0 Å². The average Bonchev–Trinajstić information content (AvgIpc) is 2.31. The molecule has 18 heavy (non-hydrogen) atoms. The second-order valence-corrected chi connectivity index (χ2v) is 5.35. The molecule has 0 aliphatic heterocycles. The Morgan fingerprint density at radius 3 is 2.17 bits per heavy atom. The van der Waals surface area contributed by atoms with Gasteiger partial charge in [-0.05, 0) is 30.5 Å². The Labute approximate surface area is 109 Å². The molecule has 1 aliphatic rings. The van der Waals surface area contributed by atoms with Crippen LogP contribution in [0.3, 0.4) is 0 Å². The summed E-state index contributed by atoms with van der Waals surface area (Å²) in [4.78, 5) is 12.3. The van der Waals surface area contributed by atoms with Gasteiger partial charge < -0.3 is 5.11 Å². The van der Waals surface area contributed by atoms with Crippen molar-refractivity contribution in [3.05, 3.63) is 29.8 Å². The van der Waals surface area contributed by atoms with Gasteiger partial charge in [0.05, 0.1) is 0 Å². The molecule has 98 valence electrons. The summed E-state index contributed by atoms with van der Waals surface area (Å²) in [5.74, 6) is 0.902. The Kier molecular flexibility index (Phi) is 4.80. The predicted molar refractivity (Wildman–Crippen MR) is 72.6 cm³/mol. The van der Waals surface area contributed by atoms with Gasteiger partial charge in [0.25, 0.3) is 0 Å². The fourth-order valence-electron chi connectivity index (χ4n) is 2.74. The zero-order chi connectivity index (χ0) is 12.8. The van der Waals surface area contributed by atoms with Crippen molar-refractivity contribution in [2.45, 2.75) is 51.4 Å². The van der Waals surface area contributed by atoms with Crippen molar-refractivity contribution in [1.29, 1.82) is 0 Å². The van der Waals surface area contributed by atoms with Gasteiger partial charge in [-0.3, -0.25) is 4.79 Å². The number of rotatable bonds is 3. The lowest BCUT2D eigenvalue weighted by Gasteiger charge is -2.18. The first-order valence-corrected chi connectivity index (χ1v) is 7.06. The van der Waals surface area contributed by atoms with E-state index >= 15 is 0 Å². The quantitative estimate of drug-likeness (QED) is 0.879. The van der Waals surface area contributed by atoms with E-state index in [-0.39, 0.29) is 11.7 Å². The van der Waals surface area contributed by atoms with Crippen molar-refractivity contribution in [3.63, 3.8) is 0 Å². The lowest BCUT2D eigenvalue weighted by atomic mass is 9.86. The molecule has 1 aliphatic carbocycles. The van der Waals surface area contributed by atoms with Crippen LogP contribution in [0.25, 0.3) is 0 Å². The number of aromatic hydroxyl groups is 1. The third-order valence-electron chi connectivity index (χ3n) is 3.88. The van der Waals surface area contributed by atoms with Crippen molar-refractivity contribution in [2.75, 3.05) is 0 Å². The van der Waals surface area contributed by atoms with Crippen LogP contribution >= 0.6 is 0 Å². The Morgan fingerprint density at radius 1 is 1.00 bits per heavy atom. The van der Waals surface area contributed by atoms with Crippen LogP contribution in [0, 0.1) is 5.92 Å². The van der Waals surface area contributed by atoms with Gasteiger partial charge in [-0.25, -0.2) is 0 Å². The largest absolute Gasteiger partial charge is 0.508 e. The summed E-state index contributed by atoms with van der Waals surface area (Å²) < 4.78 is 0. The summed E-state index contributed by atoms with van der Waals surface area (Å²) in [6.07, 6.45) is 8.95. The molecule has 0 atom stereocenters. The van der Waals surface area contributed by atoms with Gasteiger partial charge in [-0.1, -0.05) is 44.2 Å². The lowest BCUT2D eigenvalue weighted by molar-refractivity contribution is -0.122. The highest BCUT2D eigenvalue weighted by molar-refractivity contribution is 5.83. The second kappa shape index (κ2) is 6.58. The van der Waals surface area contributed by atoms with Gasteiger partial charge >= 0.3 is 0 Å². The molecule has 0 bridgehead atoms. The summed E-state index contributed by atoms with van der Waals surface area (Å²) in [6.45, 7) is 0. The minimum absolute atomic E-state index is 0.261. The van der Waals surface area contributed by atoms with Crippen LogP contribution in [-0.2, 0) is 11.2 Å². The molecule has 0 spiro atoms. The smallest absolute Gasteiger partial charge is 0.140 e. The fraction of sp³-hybridized carbons (Fsp3) is 0.562. The molecule has 0 radical (unpaired) electrons. The molecule has 2 rings (SSSR count). The first kappa shape index (κ1) is 13.1. The van der Waals surface area contributed by atoms with Gasteiger partial charge in [0.15, 0.2) is 0 Å². The van der Waals surface area contributed by atoms with E-state index in [9.17, 15) is 9.90 Å². The molecular formula is C16H22O2. The summed E-state index contributed by atoms with van der Waals surface area (Å²) in [5, 5.41) is 9.22. The highest BCUT2D eigenvalue weighted by Crippen LogP contribution is 2.24. The van der Waals surface area contributed by atoms with Crippen LogP contribution in [0.15, 0.2) is 24.3 Å². The van der Waals surface area contributed by atoms with E-state index in [4.69, 9.17) is 0 Å². The number of Topliss-reactive ketones (excluding diaryl/α,β-unsaturated/α-hetero) is 1. The number of ketones is 1. The monoisotopic (exact) mass is 246 g/mol. The zero-order valence-electron chi connectivity index (χ0n) is 10.9. The predicted octanol–water partition coefficient (Wildman–Crippen LogP) is 3.86. The number of phenolic OH excluding ortho intramolecular Hbond substituents is 1. The van der Waals surface area contributed by atoms with Crippen LogP contribution < -0.4 is 0 Å². The van der Waals surface area contributed by atoms with Crippen molar-refractivity contribution >= 4 is 5.78 Å². The molecular weight excluding hydrogens is 224 g/mol. The van der Waals surface area contributed by atoms with Crippen molar-refractivity contribution < 1.29 is 9.90 Å². The average molecular weight is 246 g/mol. The van der Waals surface area contributed by atoms with Crippen LogP contribution in [0.2, 0.25) is 0 Å². The Morgan fingerprint density at radius 2 is 1.56 bits per heavy atom. The van der Waals surface area contributed by atoms with E-state index in [1.54, 1.807) is 12.1 Å². The maximum atomic E-state index is 12.3. The third-order valence-corrected chi connectivity index (χ3v) is 3.88. The molecule has 2 heteroatoms. The maximum absolute atomic E-state index is 12.3. The lowest BCUT2D eigenvalue weighted by Crippen LogP contribution is -2.18. The Balaban J connectivity index is 1.91. The first-order valence-electron chi connectivity index (χ1n) is 7.06. The van der Waals surface area contributed by atoms with Crippen LogP contribution in [0.4, 0.5) is 0 Å². The number of hydrogen-bond acceptors (Lipinski definition) is 2. The SMILES string of the molecule is O=C(Cc1ccc(O)cc1)C1CCCCCCC1. The van der Waals surface area contributed by atoms with Gasteiger partial charge in [0.1, 0.15) is 11.5 Å². The molecule has 1 aromatic rings. The van der Waals surface area contributed by atoms with E-state index in [0.29, 0.717) is 12.2 Å². The zero-order valence-corrected chi connectivity index (χ0v) is 10.9. The maximum Gasteiger partial charge on any atom is 0.140 e. The van der Waals surface area contributed by atoms with Crippen LogP contribution in [0.5, 0.6) is 5.75 Å². The summed E-state index contributed by atoms with van der Waals surface area (Å²) in [5.41, 5.74) is 1.01. The molecule has 1 fully saturated rings. The van der Waals surface area contributed by atoms with Crippen molar-refractivity contribution in [2.24, 2.45) is 5.92 Å². The number of carbonyl (C=O) groups excluding carboxylic acids is 1. The van der Waals surface area contributed by atoms with E-state index < -0.39 is 0 Å². The standard InChI is InChI=1S/C16H22O2/c17-15-10-8-13(9-11-15)12-16(18)14-6-4-2-1-3-5-7-14/h8-11,14,17H,1-7,12H2. The Hall–Kier alpha value is -1.31. The molecule has 0 unspecified atom stereocenters. The summed E-state index contributed by atoms with van der Waals surface area (Å²) in [6, 6.07) is 6.99. The van der Waals surface area contributed by atoms with E-state index in [1.807, 2.05) is 12.1 Å². The van der Waals surface area contributed by atoms with Crippen molar-refractivity contribution in [1.82, 2.24) is 0 Å². The third kappa shape index (κ3) is 3.86. The molecule has 0 saturated heterocycles. The van der Waals surface area contributed by atoms with Crippen LogP contribution in [-0.4, -0.2) is 10.9 Å². The van der Waals surface area contributed by atoms with Gasteiger partial charge in [-0.2, -0.15) is 0 Å². The van der Waals surface area contributed by atoms with E-state index in [0.717, 1.165) is 18.4 Å². The second-order valence-electron chi connectivity index (χ2n) is 5.35. The number of phenols is 1. The molecule has 0 amide bonds. The number of benzene rings is 1. The minimum Gasteiger partial charge on any atom is -0.508 e. The number of hydrogen-bond donors (Lipinski definition) is 1. The highest BCUT2D eigenvalue weighted by Gasteiger charge is 2.19. The molecule has 0 aromatic heterocycles.